The van der Waals surface area contributed by atoms with Crippen LogP contribution in [0, 0.1) is 4.91 Å². The van der Waals surface area contributed by atoms with Crippen molar-refractivity contribution in [3.8, 4) is 0 Å². The number of nitrogens with zero attached hydrogens (tertiary/aromatic N) is 1. The average molecular weight is 290 g/mol. The van der Waals surface area contributed by atoms with Crippen molar-refractivity contribution >= 4 is 61.6 Å². The van der Waals surface area contributed by atoms with Gasteiger partial charge in [-0.1, -0.05) is 0 Å². The molecule has 0 aliphatic carbocycles. The Balaban J connectivity index is 0.00000169. The molecule has 1 aromatic carbocycles. The Kier molecular flexibility index (Phi) is 6.03. The van der Waals surface area contributed by atoms with Gasteiger partial charge in [0.25, 0.3) is 0 Å². The van der Waals surface area contributed by atoms with E-state index in [2.05, 4.69) is 24.7 Å². The summed E-state index contributed by atoms with van der Waals surface area (Å²) in [6.45, 7) is 0. The molecule has 0 saturated carbocycles. The Morgan fingerprint density at radius 1 is 1.21 bits per heavy atom. The van der Waals surface area contributed by atoms with Crippen LogP contribution in [0.5, 0.6) is 0 Å². The van der Waals surface area contributed by atoms with Gasteiger partial charge in [-0.25, -0.2) is 0 Å². The van der Waals surface area contributed by atoms with Gasteiger partial charge in [-0.2, -0.15) is 11.7 Å². The first-order valence-electron chi connectivity index (χ1n) is 3.09. The van der Waals surface area contributed by atoms with Crippen molar-refractivity contribution in [2.24, 2.45) is 5.18 Å². The standard InChI is InChI=1S/C6H4BrNO4S.Na.H/c7-12-13(10,11)6-3-1-5(8-9)2-4-6;;/h1-4H;;. The second-order valence-electron chi connectivity index (χ2n) is 2.10. The van der Waals surface area contributed by atoms with Crippen LogP contribution in [0.4, 0.5) is 5.69 Å². The van der Waals surface area contributed by atoms with Gasteiger partial charge in [-0.15, -0.1) is 4.91 Å². The molecule has 1 aromatic rings. The molecular formula is C6H5BrNNaO4S. The molecule has 0 heterocycles. The first-order valence-corrected chi connectivity index (χ1v) is 5.14. The molecule has 5 nitrogen and oxygen atoms in total. The molecule has 0 fully saturated rings. The van der Waals surface area contributed by atoms with Gasteiger partial charge in [0.1, 0.15) is 21.9 Å². The maximum atomic E-state index is 11.0. The minimum absolute atomic E-state index is 0. The van der Waals surface area contributed by atoms with Crippen LogP contribution in [0.15, 0.2) is 34.3 Å². The van der Waals surface area contributed by atoms with Gasteiger partial charge in [0, 0.05) is 0 Å². The molecule has 0 spiro atoms. The molecule has 0 aliphatic rings. The fourth-order valence-electron chi connectivity index (χ4n) is 0.710. The Labute approximate surface area is 112 Å². The van der Waals surface area contributed by atoms with Crippen LogP contribution in [0.1, 0.15) is 0 Å². The van der Waals surface area contributed by atoms with E-state index in [-0.39, 0.29) is 40.1 Å². The summed E-state index contributed by atoms with van der Waals surface area (Å²) < 4.78 is 26.1. The summed E-state index contributed by atoms with van der Waals surface area (Å²) in [4.78, 5) is 9.95. The molecule has 0 radical (unpaired) electrons. The fourth-order valence-corrected chi connectivity index (χ4v) is 1.71. The summed E-state index contributed by atoms with van der Waals surface area (Å²) in [5.74, 6) is 0. The predicted octanol–water partition coefficient (Wildman–Crippen LogP) is 1.45. The molecule has 0 amide bonds. The van der Waals surface area contributed by atoms with Crippen molar-refractivity contribution in [3.63, 3.8) is 0 Å². The van der Waals surface area contributed by atoms with Crippen molar-refractivity contribution < 1.29 is 11.7 Å². The van der Waals surface area contributed by atoms with Crippen molar-refractivity contribution in [1.29, 1.82) is 0 Å². The van der Waals surface area contributed by atoms with E-state index in [0.29, 0.717) is 0 Å². The molecular weight excluding hydrogens is 285 g/mol. The minimum atomic E-state index is -3.75. The zero-order valence-corrected chi connectivity index (χ0v) is 8.58. The van der Waals surface area contributed by atoms with Crippen LogP contribution in [0.2, 0.25) is 0 Å². The summed E-state index contributed by atoms with van der Waals surface area (Å²) in [5.41, 5.74) is 0.161. The van der Waals surface area contributed by atoms with Crippen LogP contribution >= 0.6 is 16.3 Å². The van der Waals surface area contributed by atoms with Crippen molar-refractivity contribution in [3.05, 3.63) is 29.2 Å². The van der Waals surface area contributed by atoms with Gasteiger partial charge in [-0.3, -0.25) is 0 Å². The summed E-state index contributed by atoms with van der Waals surface area (Å²) >= 11 is 2.37. The van der Waals surface area contributed by atoms with Gasteiger partial charge < -0.3 is 0 Å². The zero-order chi connectivity index (χ0) is 9.90. The quantitative estimate of drug-likeness (QED) is 0.624. The van der Waals surface area contributed by atoms with Crippen LogP contribution in [0.25, 0.3) is 0 Å². The Bertz CT molecular complexity index is 404. The SMILES string of the molecule is O=Nc1ccc(S(=O)(=O)OBr)cc1.[NaH]. The maximum absolute atomic E-state index is 11.0. The Morgan fingerprint density at radius 3 is 2.07 bits per heavy atom. The van der Waals surface area contributed by atoms with Gasteiger partial charge in [0.15, 0.2) is 0 Å². The van der Waals surface area contributed by atoms with Crippen molar-refractivity contribution in [2.75, 3.05) is 0 Å². The molecule has 1 rings (SSSR count). The summed E-state index contributed by atoms with van der Waals surface area (Å²) in [6, 6.07) is 5.03. The van der Waals surface area contributed by atoms with E-state index in [0.717, 1.165) is 0 Å². The molecule has 72 valence electrons. The number of hydrogen-bond acceptors (Lipinski definition) is 5. The summed E-state index contributed by atoms with van der Waals surface area (Å²) in [6.07, 6.45) is 0. The second-order valence-corrected chi connectivity index (χ2v) is 4.40. The van der Waals surface area contributed by atoms with E-state index < -0.39 is 10.1 Å². The third-order valence-electron chi connectivity index (χ3n) is 1.31. The predicted molar refractivity (Wildman–Crippen MR) is 56.2 cm³/mol. The van der Waals surface area contributed by atoms with Crippen molar-refractivity contribution in [2.45, 2.75) is 4.90 Å². The molecule has 14 heavy (non-hydrogen) atoms. The molecule has 0 aromatic heterocycles. The van der Waals surface area contributed by atoms with E-state index >= 15 is 0 Å². The average Bonchev–Trinajstić information content (AvgIpc) is 2.18. The second kappa shape index (κ2) is 5.94. The third kappa shape index (κ3) is 3.41. The molecule has 0 aliphatic heterocycles. The van der Waals surface area contributed by atoms with Crippen LogP contribution in [-0.4, -0.2) is 38.0 Å². The Hall–Kier alpha value is 0.210. The van der Waals surface area contributed by atoms with E-state index in [9.17, 15) is 13.3 Å². The van der Waals surface area contributed by atoms with E-state index in [4.69, 9.17) is 0 Å². The summed E-state index contributed by atoms with van der Waals surface area (Å²) in [5, 5.41) is 2.62. The van der Waals surface area contributed by atoms with E-state index in [1.807, 2.05) is 0 Å². The first kappa shape index (κ1) is 14.2. The third-order valence-corrected chi connectivity index (χ3v) is 3.37. The number of nitroso groups, excluding NO2 is 1. The van der Waals surface area contributed by atoms with Gasteiger partial charge in [-0.05, 0) is 29.4 Å². The monoisotopic (exact) mass is 289 g/mol. The van der Waals surface area contributed by atoms with Crippen LogP contribution < -0.4 is 0 Å². The topological polar surface area (TPSA) is 72.8 Å². The molecule has 0 bridgehead atoms. The normalized spacial score (nSPS) is 10.4. The molecule has 0 saturated heterocycles. The number of halogens is 1. The van der Waals surface area contributed by atoms with Crippen LogP contribution in [-0.2, 0) is 13.4 Å². The van der Waals surface area contributed by atoms with Gasteiger partial charge in [0.2, 0.25) is 0 Å². The van der Waals surface area contributed by atoms with E-state index in [1.165, 1.54) is 24.3 Å². The van der Waals surface area contributed by atoms with Crippen LogP contribution in [0.3, 0.4) is 0 Å². The van der Waals surface area contributed by atoms with Crippen molar-refractivity contribution in [1.82, 2.24) is 0 Å². The Morgan fingerprint density at radius 2 is 1.71 bits per heavy atom. The van der Waals surface area contributed by atoms with E-state index in [1.54, 1.807) is 0 Å². The summed E-state index contributed by atoms with van der Waals surface area (Å²) in [7, 11) is -3.75. The molecule has 0 atom stereocenters. The first-order chi connectivity index (χ1) is 6.10. The molecule has 0 unspecified atom stereocenters. The van der Waals surface area contributed by atoms with Gasteiger partial charge in [0.05, 0.1) is 4.90 Å². The number of hydrogen-bond donors (Lipinski definition) is 0. The van der Waals surface area contributed by atoms with Gasteiger partial charge >= 0.3 is 39.7 Å². The molecule has 8 heteroatoms. The number of benzene rings is 1. The molecule has 0 N–H and O–H groups in total. The zero-order valence-electron chi connectivity index (χ0n) is 6.18. The fraction of sp³-hybridized carbons (Fsp3) is 0. The number of rotatable bonds is 3.